The number of nitrogens with zero attached hydrogens (tertiary/aromatic N) is 8. The van der Waals surface area contributed by atoms with Crippen LogP contribution in [0.4, 0.5) is 26.3 Å². The summed E-state index contributed by atoms with van der Waals surface area (Å²) < 4.78 is 91.0. The molecule has 8 aromatic carbocycles. The zero-order valence-electron chi connectivity index (χ0n) is 63.2. The van der Waals surface area contributed by atoms with Crippen molar-refractivity contribution in [1.29, 1.82) is 0 Å². The number of likely N-dealkylation sites (N-methyl/N-ethyl adjacent to an activating group) is 3. The van der Waals surface area contributed by atoms with Crippen LogP contribution in [0.25, 0.3) is 43.6 Å². The highest BCUT2D eigenvalue weighted by Gasteiger charge is 2.37. The van der Waals surface area contributed by atoms with Crippen molar-refractivity contribution in [2.75, 3.05) is 47.3 Å². The highest BCUT2D eigenvalue weighted by Crippen LogP contribution is 2.43. The number of hydrogen-bond donors (Lipinski definition) is 2. The molecule has 4 aromatic heterocycles. The van der Waals surface area contributed by atoms with Crippen molar-refractivity contribution in [3.8, 4) is 0 Å². The molecule has 108 heavy (non-hydrogen) atoms. The van der Waals surface area contributed by atoms with Gasteiger partial charge in [0.2, 0.25) is 0 Å². The number of rotatable bonds is 13. The van der Waals surface area contributed by atoms with Gasteiger partial charge in [-0.3, -0.25) is 4.90 Å². The molecule has 0 saturated heterocycles. The molecule has 2 atom stereocenters. The van der Waals surface area contributed by atoms with E-state index in [1.807, 2.05) is 72.8 Å². The van der Waals surface area contributed by atoms with Gasteiger partial charge in [-0.05, 0) is 208 Å². The molecule has 0 spiro atoms. The average molecular weight is 1530 g/mol. The zero-order valence-corrected chi connectivity index (χ0v) is 65.5. The van der Waals surface area contributed by atoms with Gasteiger partial charge in [-0.1, -0.05) is 105 Å². The molecule has 12 aromatic rings. The number of aromatic nitrogens is 4. The first-order valence-electron chi connectivity index (χ1n) is 37.5. The van der Waals surface area contributed by atoms with Crippen molar-refractivity contribution in [3.05, 3.63) is 281 Å². The summed E-state index contributed by atoms with van der Waals surface area (Å²) in [7, 11) is 6.29. The number of fused-ring (bicyclic) bond motifs is 12. The molecule has 2 unspecified atom stereocenters. The van der Waals surface area contributed by atoms with Crippen LogP contribution < -0.4 is 0 Å². The van der Waals surface area contributed by atoms with Crippen LogP contribution in [0.2, 0.25) is 15.1 Å². The first-order valence-corrected chi connectivity index (χ1v) is 38.6. The predicted molar refractivity (Wildman–Crippen MR) is 425 cm³/mol. The van der Waals surface area contributed by atoms with Crippen molar-refractivity contribution in [3.63, 3.8) is 0 Å². The quantitative estimate of drug-likeness (QED) is 0.112. The summed E-state index contributed by atoms with van der Waals surface area (Å²) in [6.45, 7) is 23.7. The number of aryl methyl sites for hydroxylation is 1. The second kappa shape index (κ2) is 30.4. The lowest BCUT2D eigenvalue weighted by Gasteiger charge is -2.31. The molecule has 8 heterocycles. The van der Waals surface area contributed by atoms with Gasteiger partial charge in [0.1, 0.15) is 46.1 Å². The SMILES string of the molecule is CC(C)(Cn1c2c(c3cc(Cl)ccc31)CN(C1CC1)CC2)c1ccc(F)cc1.CN1CCc2c(c3cc(Cl)ccc3n2CC(C)(O)c2ccc(F)cc2F)C1.CN1CCc2c(c3cc(F)ccc3n2CC(C)(C)c2ccc(F)cc2)C1.Cc1cc(C(C)(O)Cn2c3c(c4cc(Cl)ccc42)CN(C)CC3)ccc1F. The third-order valence-corrected chi connectivity index (χ3v) is 23.8. The van der Waals surface area contributed by atoms with Gasteiger partial charge in [0.05, 0.1) is 13.1 Å². The van der Waals surface area contributed by atoms with Crippen molar-refractivity contribution in [2.24, 2.45) is 0 Å². The average Bonchev–Trinajstić information content (AvgIpc) is 1.61. The fourth-order valence-corrected chi connectivity index (χ4v) is 17.6. The fraction of sp³-hybridized carbons (Fsp3) is 0.371. The summed E-state index contributed by atoms with van der Waals surface area (Å²) in [5.41, 5.74) is 15.5. The van der Waals surface area contributed by atoms with Crippen LogP contribution in [0.15, 0.2) is 158 Å². The van der Waals surface area contributed by atoms with E-state index in [0.717, 1.165) is 168 Å². The van der Waals surface area contributed by atoms with E-state index in [2.05, 4.69) is 98.8 Å². The Hall–Kier alpha value is -7.87. The summed E-state index contributed by atoms with van der Waals surface area (Å²) in [5.74, 6) is -2.24. The summed E-state index contributed by atoms with van der Waals surface area (Å²) in [4.78, 5) is 9.46. The molecule has 0 amide bonds. The molecule has 0 radical (unpaired) electrons. The van der Waals surface area contributed by atoms with E-state index in [0.29, 0.717) is 17.1 Å². The van der Waals surface area contributed by atoms with Crippen molar-refractivity contribution < 1.29 is 36.6 Å². The van der Waals surface area contributed by atoms with Crippen LogP contribution in [0.5, 0.6) is 0 Å². The van der Waals surface area contributed by atoms with E-state index >= 15 is 0 Å². The van der Waals surface area contributed by atoms with E-state index in [1.54, 1.807) is 57.2 Å². The first-order chi connectivity index (χ1) is 51.3. The molecular formula is C89H95Cl3F6N8O2. The molecule has 19 heteroatoms. The molecule has 1 saturated carbocycles. The number of hydrogen-bond acceptors (Lipinski definition) is 6. The Labute approximate surface area is 644 Å². The van der Waals surface area contributed by atoms with Crippen LogP contribution in [0.1, 0.15) is 127 Å². The van der Waals surface area contributed by atoms with Crippen LogP contribution in [0, 0.1) is 41.8 Å². The third kappa shape index (κ3) is 15.9. The highest BCUT2D eigenvalue weighted by molar-refractivity contribution is 6.32. The Morgan fingerprint density at radius 2 is 0.722 bits per heavy atom. The molecule has 0 bridgehead atoms. The van der Waals surface area contributed by atoms with Gasteiger partial charge >= 0.3 is 0 Å². The zero-order chi connectivity index (χ0) is 76.6. The van der Waals surface area contributed by atoms with Gasteiger partial charge in [-0.2, -0.15) is 0 Å². The first kappa shape index (κ1) is 76.9. The number of halogens is 9. The number of benzene rings is 8. The molecule has 2 N–H and O–H groups in total. The van der Waals surface area contributed by atoms with Gasteiger partial charge in [-0.15, -0.1) is 0 Å². The lowest BCUT2D eigenvalue weighted by Crippen LogP contribution is -2.34. The third-order valence-electron chi connectivity index (χ3n) is 23.1. The highest BCUT2D eigenvalue weighted by atomic mass is 35.5. The second-order valence-electron chi connectivity index (χ2n) is 32.5. The Bertz CT molecular complexity index is 5360. The molecule has 4 aliphatic heterocycles. The fourth-order valence-electron chi connectivity index (χ4n) is 17.1. The largest absolute Gasteiger partial charge is 0.384 e. The van der Waals surface area contributed by atoms with Gasteiger partial charge in [0.15, 0.2) is 0 Å². The molecule has 566 valence electrons. The van der Waals surface area contributed by atoms with E-state index in [1.165, 1.54) is 93.4 Å². The standard InChI is InChI=1S/C24H26ClFN2.C22H24ClFN2O.C22H24F2N2.C21H21ClF2N2O/c1-24(2,16-3-6-18(26)7-4-16)15-28-22-10-5-17(25)13-20(22)21-14-27(19-8-9-19)12-11-23(21)28;1-14-10-15(4-6-19(14)24)22(2,27)13-26-20-7-5-16(23)11-17(20)18-12-25(3)9-8-21(18)26;1-22(2,15-4-6-16(23)7-5-15)14-26-20-9-8-17(24)12-18(20)19-13-25(3)11-10-21(19)26;1-21(27,17-5-4-14(23)10-18(17)24)12-26-19-6-3-13(22)9-15(19)16-11-25(2)8-7-20(16)26/h3-7,10,13,19H,8-9,11-12,14-15H2,1-2H3;4-7,10-11,27H,8-9,12-13H2,1-3H3;4-9,12H,10-11,13-14H2,1-3H3;3-6,9-10,27H,7-8,11-12H2,1-2H3. The maximum Gasteiger partial charge on any atom is 0.132 e. The molecule has 5 aliphatic rings. The van der Waals surface area contributed by atoms with Crippen LogP contribution >= 0.6 is 34.8 Å². The minimum absolute atomic E-state index is 0.0846. The smallest absolute Gasteiger partial charge is 0.132 e. The normalized spacial score (nSPS) is 16.9. The van der Waals surface area contributed by atoms with E-state index in [9.17, 15) is 36.6 Å². The van der Waals surface area contributed by atoms with E-state index in [-0.39, 0.29) is 46.2 Å². The maximum absolute atomic E-state index is 14.3. The van der Waals surface area contributed by atoms with Crippen LogP contribution in [-0.2, 0) is 100 Å². The van der Waals surface area contributed by atoms with E-state index < -0.39 is 22.8 Å². The Morgan fingerprint density at radius 3 is 1.14 bits per heavy atom. The lowest BCUT2D eigenvalue weighted by atomic mass is 9.84. The Balaban J connectivity index is 0.000000121. The Morgan fingerprint density at radius 1 is 0.370 bits per heavy atom. The maximum atomic E-state index is 14.3. The van der Waals surface area contributed by atoms with Crippen LogP contribution in [0.3, 0.4) is 0 Å². The second-order valence-corrected chi connectivity index (χ2v) is 33.8. The number of aliphatic hydroxyl groups is 2. The van der Waals surface area contributed by atoms with Crippen molar-refractivity contribution in [2.45, 2.75) is 167 Å². The molecule has 10 nitrogen and oxygen atoms in total. The summed E-state index contributed by atoms with van der Waals surface area (Å²) in [6, 6.07) is 45.7. The van der Waals surface area contributed by atoms with Crippen molar-refractivity contribution in [1.82, 2.24) is 37.9 Å². The summed E-state index contributed by atoms with van der Waals surface area (Å²) >= 11 is 18.8. The van der Waals surface area contributed by atoms with Gasteiger partial charge in [0.25, 0.3) is 0 Å². The molecule has 1 aliphatic carbocycles. The Kier molecular flexibility index (Phi) is 21.7. The molecular weight excluding hydrogens is 1430 g/mol. The van der Waals surface area contributed by atoms with Gasteiger partial charge < -0.3 is 43.2 Å². The summed E-state index contributed by atoms with van der Waals surface area (Å²) in [6.07, 6.45) is 6.48. The minimum atomic E-state index is -1.49. The van der Waals surface area contributed by atoms with Crippen LogP contribution in [-0.4, -0.2) is 101 Å². The topological polar surface area (TPSA) is 73.1 Å². The molecule has 1 fully saturated rings. The van der Waals surface area contributed by atoms with Gasteiger partial charge in [-0.25, -0.2) is 26.3 Å². The predicted octanol–water partition coefficient (Wildman–Crippen LogP) is 19.9. The van der Waals surface area contributed by atoms with Gasteiger partial charge in [0, 0.05) is 201 Å². The monoisotopic (exact) mass is 1530 g/mol. The minimum Gasteiger partial charge on any atom is -0.384 e. The lowest BCUT2D eigenvalue weighted by molar-refractivity contribution is 0.0348. The van der Waals surface area contributed by atoms with Crippen molar-refractivity contribution >= 4 is 78.4 Å². The summed E-state index contributed by atoms with van der Waals surface area (Å²) in [5, 5.41) is 29.0. The molecule has 17 rings (SSSR count). The van der Waals surface area contributed by atoms with E-state index in [4.69, 9.17) is 34.8 Å².